The van der Waals surface area contributed by atoms with Crippen LogP contribution in [-0.2, 0) is 13.1 Å². The van der Waals surface area contributed by atoms with Gasteiger partial charge in [-0.2, -0.15) is 0 Å². The van der Waals surface area contributed by atoms with Crippen molar-refractivity contribution in [3.05, 3.63) is 41.2 Å². The van der Waals surface area contributed by atoms with Gasteiger partial charge in [-0.15, -0.1) is 5.10 Å². The van der Waals surface area contributed by atoms with E-state index in [1.165, 1.54) is 37.7 Å². The fourth-order valence-corrected chi connectivity index (χ4v) is 3.71. The Bertz CT molecular complexity index is 659. The minimum Gasteiger partial charge on any atom is -0.326 e. The molecule has 1 saturated carbocycles. The number of hydrogen-bond acceptors (Lipinski definition) is 5. The first kappa shape index (κ1) is 18.0. The van der Waals surface area contributed by atoms with E-state index in [4.69, 9.17) is 5.73 Å². The van der Waals surface area contributed by atoms with Crippen LogP contribution in [0.25, 0.3) is 0 Å². The molecule has 1 atom stereocenters. The van der Waals surface area contributed by atoms with Gasteiger partial charge in [-0.3, -0.25) is 0 Å². The van der Waals surface area contributed by atoms with Crippen molar-refractivity contribution in [2.75, 3.05) is 0 Å². The predicted octanol–water partition coefficient (Wildman–Crippen LogP) is 3.12. The first-order chi connectivity index (χ1) is 12.2. The van der Waals surface area contributed by atoms with Crippen LogP contribution in [0.5, 0.6) is 0 Å². The number of nitrogens with zero attached hydrogens (tertiary/aromatic N) is 4. The Labute approximate surface area is 150 Å². The standard InChI is InChI=1S/C19H30N6/c1-14(2)18(21-13-16-8-6-7-15(11-16)12-20)19-22-23-24-25(19)17-9-4-3-5-10-17/h6-8,11,14,17-18,21H,3-5,9-10,12-13,20H2,1-2H3. The van der Waals surface area contributed by atoms with Gasteiger partial charge in [0.2, 0.25) is 0 Å². The summed E-state index contributed by atoms with van der Waals surface area (Å²) in [4.78, 5) is 0. The molecule has 3 rings (SSSR count). The zero-order valence-electron chi connectivity index (χ0n) is 15.4. The molecule has 0 amide bonds. The van der Waals surface area contributed by atoms with Gasteiger partial charge in [0.15, 0.2) is 5.82 Å². The molecule has 0 radical (unpaired) electrons. The molecule has 1 heterocycles. The maximum Gasteiger partial charge on any atom is 0.168 e. The highest BCUT2D eigenvalue weighted by molar-refractivity contribution is 5.23. The van der Waals surface area contributed by atoms with Crippen LogP contribution in [0.3, 0.4) is 0 Å². The van der Waals surface area contributed by atoms with E-state index in [2.05, 4.69) is 63.6 Å². The molecular formula is C19H30N6. The Kier molecular flexibility index (Phi) is 6.15. The summed E-state index contributed by atoms with van der Waals surface area (Å²) in [6.07, 6.45) is 6.24. The molecule has 1 unspecified atom stereocenters. The lowest BCUT2D eigenvalue weighted by Crippen LogP contribution is -2.30. The molecule has 0 spiro atoms. The first-order valence-corrected chi connectivity index (χ1v) is 9.48. The summed E-state index contributed by atoms with van der Waals surface area (Å²) >= 11 is 0. The summed E-state index contributed by atoms with van der Waals surface area (Å²) in [5, 5.41) is 16.4. The highest BCUT2D eigenvalue weighted by Crippen LogP contribution is 2.30. The summed E-state index contributed by atoms with van der Waals surface area (Å²) in [6, 6.07) is 9.01. The van der Waals surface area contributed by atoms with Crippen LogP contribution in [0.15, 0.2) is 24.3 Å². The number of nitrogens with two attached hydrogens (primary N) is 1. The molecule has 0 aliphatic heterocycles. The predicted molar refractivity (Wildman–Crippen MR) is 98.7 cm³/mol. The zero-order chi connectivity index (χ0) is 17.6. The van der Waals surface area contributed by atoms with Crippen LogP contribution < -0.4 is 11.1 Å². The second kappa shape index (κ2) is 8.54. The molecule has 3 N–H and O–H groups in total. The third-order valence-electron chi connectivity index (χ3n) is 5.14. The SMILES string of the molecule is CC(C)C(NCc1cccc(CN)c1)c1nnnn1C1CCCCC1. The summed E-state index contributed by atoms with van der Waals surface area (Å²) in [5.74, 6) is 1.38. The van der Waals surface area contributed by atoms with E-state index in [9.17, 15) is 0 Å². The van der Waals surface area contributed by atoms with Crippen molar-refractivity contribution in [1.82, 2.24) is 25.5 Å². The molecule has 1 fully saturated rings. The summed E-state index contributed by atoms with van der Waals surface area (Å²) in [6.45, 7) is 5.79. The van der Waals surface area contributed by atoms with Crippen LogP contribution in [0, 0.1) is 5.92 Å². The van der Waals surface area contributed by atoms with E-state index in [-0.39, 0.29) is 6.04 Å². The average Bonchev–Trinajstić information content (AvgIpc) is 3.12. The smallest absolute Gasteiger partial charge is 0.168 e. The van der Waals surface area contributed by atoms with Crippen LogP contribution in [0.1, 0.15) is 75.0 Å². The van der Waals surface area contributed by atoms with Crippen LogP contribution in [-0.4, -0.2) is 20.2 Å². The quantitative estimate of drug-likeness (QED) is 0.808. The fourth-order valence-electron chi connectivity index (χ4n) is 3.71. The van der Waals surface area contributed by atoms with Crippen molar-refractivity contribution < 1.29 is 0 Å². The van der Waals surface area contributed by atoms with Crippen LogP contribution in [0.4, 0.5) is 0 Å². The molecule has 6 nitrogen and oxygen atoms in total. The van der Waals surface area contributed by atoms with Gasteiger partial charge in [-0.25, -0.2) is 4.68 Å². The third-order valence-corrected chi connectivity index (χ3v) is 5.14. The molecule has 2 aromatic rings. The van der Waals surface area contributed by atoms with Crippen molar-refractivity contribution >= 4 is 0 Å². The normalized spacial score (nSPS) is 17.1. The van der Waals surface area contributed by atoms with Gasteiger partial charge in [-0.05, 0) is 40.3 Å². The molecule has 1 aliphatic rings. The highest BCUT2D eigenvalue weighted by Gasteiger charge is 2.26. The summed E-state index contributed by atoms with van der Waals surface area (Å²) in [5.41, 5.74) is 8.15. The van der Waals surface area contributed by atoms with E-state index < -0.39 is 0 Å². The molecule has 0 bridgehead atoms. The topological polar surface area (TPSA) is 81.7 Å². The summed E-state index contributed by atoms with van der Waals surface area (Å²) < 4.78 is 2.08. The summed E-state index contributed by atoms with van der Waals surface area (Å²) in [7, 11) is 0. The van der Waals surface area contributed by atoms with Crippen molar-refractivity contribution in [2.24, 2.45) is 11.7 Å². The van der Waals surface area contributed by atoms with E-state index in [1.807, 2.05) is 0 Å². The maximum absolute atomic E-state index is 5.75. The molecule has 25 heavy (non-hydrogen) atoms. The monoisotopic (exact) mass is 342 g/mol. The third kappa shape index (κ3) is 4.44. The Morgan fingerprint density at radius 3 is 2.68 bits per heavy atom. The van der Waals surface area contributed by atoms with Crippen LogP contribution in [0.2, 0.25) is 0 Å². The number of rotatable bonds is 7. The van der Waals surface area contributed by atoms with E-state index in [0.29, 0.717) is 18.5 Å². The number of nitrogens with one attached hydrogen (secondary N) is 1. The minimum absolute atomic E-state index is 0.137. The van der Waals surface area contributed by atoms with Gasteiger partial charge in [0.25, 0.3) is 0 Å². The molecule has 136 valence electrons. The molecule has 1 aromatic heterocycles. The van der Waals surface area contributed by atoms with Gasteiger partial charge in [-0.1, -0.05) is 57.4 Å². The first-order valence-electron chi connectivity index (χ1n) is 9.48. The van der Waals surface area contributed by atoms with Crippen molar-refractivity contribution in [3.8, 4) is 0 Å². The minimum atomic E-state index is 0.137. The van der Waals surface area contributed by atoms with E-state index in [1.54, 1.807) is 0 Å². The number of hydrogen-bond donors (Lipinski definition) is 2. The Hall–Kier alpha value is -1.79. The highest BCUT2D eigenvalue weighted by atomic mass is 15.6. The second-order valence-corrected chi connectivity index (χ2v) is 7.40. The van der Waals surface area contributed by atoms with Gasteiger partial charge in [0.05, 0.1) is 12.1 Å². The number of tetrazole rings is 1. The zero-order valence-corrected chi connectivity index (χ0v) is 15.4. The molecule has 1 aliphatic carbocycles. The number of aromatic nitrogens is 4. The van der Waals surface area contributed by atoms with Gasteiger partial charge in [0, 0.05) is 13.1 Å². The maximum atomic E-state index is 5.75. The Morgan fingerprint density at radius 2 is 1.96 bits per heavy atom. The molecule has 6 heteroatoms. The largest absolute Gasteiger partial charge is 0.326 e. The van der Waals surface area contributed by atoms with Crippen molar-refractivity contribution in [2.45, 2.75) is 71.1 Å². The van der Waals surface area contributed by atoms with Crippen molar-refractivity contribution in [3.63, 3.8) is 0 Å². The lowest BCUT2D eigenvalue weighted by Gasteiger charge is -2.27. The number of benzene rings is 1. The molecule has 0 saturated heterocycles. The Balaban J connectivity index is 1.74. The lowest BCUT2D eigenvalue weighted by atomic mass is 9.95. The van der Waals surface area contributed by atoms with Gasteiger partial charge < -0.3 is 11.1 Å². The average molecular weight is 342 g/mol. The van der Waals surface area contributed by atoms with Crippen molar-refractivity contribution in [1.29, 1.82) is 0 Å². The lowest BCUT2D eigenvalue weighted by molar-refractivity contribution is 0.292. The molecule has 1 aromatic carbocycles. The molecular weight excluding hydrogens is 312 g/mol. The van der Waals surface area contributed by atoms with Gasteiger partial charge in [0.1, 0.15) is 0 Å². The second-order valence-electron chi connectivity index (χ2n) is 7.40. The fraction of sp³-hybridized carbons (Fsp3) is 0.632. The van der Waals surface area contributed by atoms with E-state index in [0.717, 1.165) is 17.9 Å². The van der Waals surface area contributed by atoms with E-state index >= 15 is 0 Å². The van der Waals surface area contributed by atoms with Gasteiger partial charge >= 0.3 is 0 Å². The van der Waals surface area contributed by atoms with Crippen LogP contribution >= 0.6 is 0 Å². The Morgan fingerprint density at radius 1 is 1.20 bits per heavy atom.